The molecule has 2 fully saturated rings. The van der Waals surface area contributed by atoms with Crippen LogP contribution in [0.2, 0.25) is 5.02 Å². The van der Waals surface area contributed by atoms with Gasteiger partial charge in [-0.05, 0) is 50.6 Å². The van der Waals surface area contributed by atoms with Crippen molar-refractivity contribution in [1.82, 2.24) is 10.2 Å². The first-order chi connectivity index (χ1) is 23.5. The van der Waals surface area contributed by atoms with Gasteiger partial charge in [0.25, 0.3) is 0 Å². The Morgan fingerprint density at radius 1 is 1.28 bits per heavy atom. The second kappa shape index (κ2) is 15.9. The van der Waals surface area contributed by atoms with Crippen LogP contribution >= 0.6 is 24.2 Å². The molecule has 276 valence electrons. The lowest BCUT2D eigenvalue weighted by molar-refractivity contribution is -0.161. The van der Waals surface area contributed by atoms with Gasteiger partial charge in [-0.15, -0.1) is 0 Å². The maximum atomic E-state index is 14.0. The van der Waals surface area contributed by atoms with E-state index in [1.165, 1.54) is 38.0 Å². The van der Waals surface area contributed by atoms with Crippen LogP contribution in [0.1, 0.15) is 52.5 Å². The fourth-order valence-electron chi connectivity index (χ4n) is 6.49. The largest absolute Gasteiger partial charge is 0.495 e. The van der Waals surface area contributed by atoms with Gasteiger partial charge in [0, 0.05) is 40.0 Å². The molecular formula is C35H48ClN3O10S. The molecule has 3 heterocycles. The van der Waals surface area contributed by atoms with Crippen molar-refractivity contribution in [2.24, 2.45) is 5.92 Å². The van der Waals surface area contributed by atoms with Gasteiger partial charge in [-0.25, -0.2) is 9.59 Å². The SMILES string of the molecule is COc1cc2cc(c1Cl)N(C)C(=O)C[C@H](OC(=O)[C@H](C)N(C)C(=O)CCS)[C@]1(C)O[C@H]1C(C)[C@@H]1C[C@@](O)(NC(=O)O1)[C@H](OC)/C=C/C=C(\C)C2. The third kappa shape index (κ3) is 8.42. The molecule has 1 aromatic carbocycles. The first-order valence-corrected chi connectivity index (χ1v) is 17.5. The Bertz CT molecular complexity index is 1540. The molecule has 1 aromatic rings. The van der Waals surface area contributed by atoms with Gasteiger partial charge in [0.2, 0.25) is 11.8 Å². The van der Waals surface area contributed by atoms with E-state index in [1.54, 1.807) is 45.2 Å². The van der Waals surface area contributed by atoms with E-state index in [0.29, 0.717) is 23.6 Å². The van der Waals surface area contributed by atoms with Crippen LogP contribution in [-0.2, 0) is 39.8 Å². The van der Waals surface area contributed by atoms with Crippen molar-refractivity contribution in [3.63, 3.8) is 0 Å². The van der Waals surface area contributed by atoms with Gasteiger partial charge in [-0.1, -0.05) is 42.3 Å². The number of nitrogens with one attached hydrogen (secondary N) is 1. The number of hydrogen-bond acceptors (Lipinski definition) is 11. The van der Waals surface area contributed by atoms with Crippen LogP contribution in [0, 0.1) is 5.92 Å². The second-order valence-electron chi connectivity index (χ2n) is 13.4. The number of carbonyl (C=O) groups excluding carboxylic acids is 4. The number of allylic oxidation sites excluding steroid dienone is 3. The summed E-state index contributed by atoms with van der Waals surface area (Å²) in [5.41, 5.74) is -0.903. The molecule has 13 nitrogen and oxygen atoms in total. The summed E-state index contributed by atoms with van der Waals surface area (Å²) in [5, 5.41) is 14.4. The smallest absolute Gasteiger partial charge is 0.409 e. The number of epoxide rings is 1. The van der Waals surface area contributed by atoms with E-state index in [4.69, 9.17) is 35.3 Å². The third-order valence-electron chi connectivity index (χ3n) is 9.85. The molecule has 3 aliphatic heterocycles. The number of carbonyl (C=O) groups is 4. The van der Waals surface area contributed by atoms with Crippen molar-refractivity contribution in [2.45, 2.75) is 95.2 Å². The summed E-state index contributed by atoms with van der Waals surface area (Å²) < 4.78 is 29.0. The topological polar surface area (TPSA) is 156 Å². The number of halogens is 1. The van der Waals surface area contributed by atoms with Gasteiger partial charge >= 0.3 is 12.1 Å². The molecule has 3 aliphatic rings. The monoisotopic (exact) mass is 737 g/mol. The predicted molar refractivity (Wildman–Crippen MR) is 189 cm³/mol. The van der Waals surface area contributed by atoms with E-state index in [9.17, 15) is 24.3 Å². The average Bonchev–Trinajstić information content (AvgIpc) is 3.76. The number of thiol groups is 1. The number of nitrogens with zero attached hydrogens (tertiary/aromatic N) is 2. The van der Waals surface area contributed by atoms with E-state index in [0.717, 1.165) is 11.1 Å². The number of amides is 3. The van der Waals surface area contributed by atoms with Crippen LogP contribution in [-0.4, -0.2) is 110 Å². The van der Waals surface area contributed by atoms with Crippen molar-refractivity contribution in [2.75, 3.05) is 39.0 Å². The fraction of sp³-hybridized carbons (Fsp3) is 0.600. The number of esters is 1. The predicted octanol–water partition coefficient (Wildman–Crippen LogP) is 3.83. The van der Waals surface area contributed by atoms with E-state index < -0.39 is 65.7 Å². The number of alkyl carbamates (subject to hydrolysis) is 1. The summed E-state index contributed by atoms with van der Waals surface area (Å²) in [7, 11) is 5.98. The molecule has 4 bridgehead atoms. The molecule has 3 amide bonds. The number of likely N-dealkylation sites (N-methyl/N-ethyl adjacent to an activating group) is 1. The first kappa shape index (κ1) is 39.5. The summed E-state index contributed by atoms with van der Waals surface area (Å²) in [4.78, 5) is 55.6. The lowest BCUT2D eigenvalue weighted by Gasteiger charge is -2.42. The zero-order valence-electron chi connectivity index (χ0n) is 29.7. The molecular weight excluding hydrogens is 690 g/mol. The lowest BCUT2D eigenvalue weighted by Crippen LogP contribution is -2.63. The number of ether oxygens (including phenoxy) is 5. The highest BCUT2D eigenvalue weighted by Gasteiger charge is 2.64. The number of benzene rings is 1. The minimum Gasteiger partial charge on any atom is -0.495 e. The normalized spacial score (nSPS) is 32.3. The number of hydrogen-bond donors (Lipinski definition) is 3. The third-order valence-corrected chi connectivity index (χ3v) is 10.5. The minimum atomic E-state index is -1.82. The van der Waals surface area contributed by atoms with Crippen LogP contribution in [0.4, 0.5) is 10.5 Å². The van der Waals surface area contributed by atoms with Gasteiger partial charge in [0.15, 0.2) is 5.72 Å². The second-order valence-corrected chi connectivity index (χ2v) is 14.2. The van der Waals surface area contributed by atoms with Gasteiger partial charge in [-0.2, -0.15) is 12.6 Å². The highest BCUT2D eigenvalue weighted by Crippen LogP contribution is 2.49. The van der Waals surface area contributed by atoms with Crippen LogP contribution < -0.4 is 15.0 Å². The van der Waals surface area contributed by atoms with Gasteiger partial charge in [-0.3, -0.25) is 14.9 Å². The van der Waals surface area contributed by atoms with Crippen LogP contribution in [0.25, 0.3) is 0 Å². The Hall–Kier alpha value is -3.30. The first-order valence-electron chi connectivity index (χ1n) is 16.4. The molecule has 1 unspecified atom stereocenters. The molecule has 0 saturated carbocycles. The highest BCUT2D eigenvalue weighted by atomic mass is 35.5. The van der Waals surface area contributed by atoms with E-state index in [2.05, 4.69) is 17.9 Å². The zero-order valence-corrected chi connectivity index (χ0v) is 31.4. The van der Waals surface area contributed by atoms with Crippen molar-refractivity contribution in [1.29, 1.82) is 0 Å². The van der Waals surface area contributed by atoms with Crippen LogP contribution in [0.15, 0.2) is 35.9 Å². The zero-order chi connectivity index (χ0) is 37.1. The number of aliphatic hydroxyl groups is 1. The fourth-order valence-corrected chi connectivity index (χ4v) is 6.99. The number of fused-ring (bicyclic) bond motifs is 5. The number of rotatable bonds is 7. The van der Waals surface area contributed by atoms with E-state index >= 15 is 0 Å². The molecule has 0 aromatic heterocycles. The summed E-state index contributed by atoms with van der Waals surface area (Å²) in [6.07, 6.45) is 1.08. The Labute approximate surface area is 303 Å². The van der Waals surface area contributed by atoms with Gasteiger partial charge in [0.05, 0.1) is 25.3 Å². The molecule has 2 saturated heterocycles. The van der Waals surface area contributed by atoms with Crippen molar-refractivity contribution >= 4 is 53.8 Å². The standard InChI is InChI=1S/C35H48ClN3O10S/c1-19-10-9-11-26(46-8)35(44)18-25(47-33(43)37-35)20(2)31-34(4,49-31)27(48-32(42)21(3)38(5)28(40)12-13-50)17-29(41)39(6)23-15-22(14-19)16-24(45-7)30(23)36/h9-11,15-16,20-21,25-27,31,44,50H,12-14,17-18H2,1-8H3,(H,37,43)/b11-9+,19-10+/t20?,21-,25-,26+,27-,31-,34-,35-/m0/s1. The maximum Gasteiger partial charge on any atom is 0.409 e. The quantitative estimate of drug-likeness (QED) is 0.214. The molecule has 15 heteroatoms. The maximum absolute atomic E-state index is 14.0. The Morgan fingerprint density at radius 3 is 2.62 bits per heavy atom. The summed E-state index contributed by atoms with van der Waals surface area (Å²) in [6, 6.07) is 2.60. The summed E-state index contributed by atoms with van der Waals surface area (Å²) in [5.74, 6) is -1.30. The molecule has 2 N–H and O–H groups in total. The molecule has 0 spiro atoms. The lowest BCUT2D eigenvalue weighted by atomic mass is 9.83. The molecule has 8 atom stereocenters. The molecule has 0 radical (unpaired) electrons. The number of anilines is 1. The van der Waals surface area contributed by atoms with Crippen molar-refractivity contribution in [3.05, 3.63) is 46.5 Å². The van der Waals surface area contributed by atoms with Gasteiger partial charge in [0.1, 0.15) is 40.7 Å². The Morgan fingerprint density at radius 2 is 1.98 bits per heavy atom. The van der Waals surface area contributed by atoms with Crippen LogP contribution in [0.3, 0.4) is 0 Å². The Balaban J connectivity index is 1.78. The highest BCUT2D eigenvalue weighted by molar-refractivity contribution is 7.80. The Kier molecular flexibility index (Phi) is 12.6. The van der Waals surface area contributed by atoms with Gasteiger partial charge < -0.3 is 38.6 Å². The van der Waals surface area contributed by atoms with Crippen LogP contribution in [0.5, 0.6) is 5.75 Å². The molecule has 4 rings (SSSR count). The van der Waals surface area contributed by atoms with Crippen molar-refractivity contribution < 1.29 is 48.0 Å². The minimum absolute atomic E-state index is 0.0489. The molecule has 0 aliphatic carbocycles. The van der Waals surface area contributed by atoms with E-state index in [1.807, 2.05) is 13.0 Å². The van der Waals surface area contributed by atoms with Crippen molar-refractivity contribution in [3.8, 4) is 5.75 Å². The summed E-state index contributed by atoms with van der Waals surface area (Å²) >= 11 is 10.8. The number of methoxy groups -OCH3 is 2. The molecule has 50 heavy (non-hydrogen) atoms. The summed E-state index contributed by atoms with van der Waals surface area (Å²) in [6.45, 7) is 6.96. The average molecular weight is 738 g/mol. The van der Waals surface area contributed by atoms with E-state index in [-0.39, 0.29) is 30.2 Å².